The fourth-order valence-corrected chi connectivity index (χ4v) is 2.57. The lowest BCUT2D eigenvalue weighted by atomic mass is 9.98. The van der Waals surface area contributed by atoms with E-state index in [2.05, 4.69) is 10.6 Å². The number of amides is 1. The number of ether oxygens (including phenoxy) is 2. The maximum atomic E-state index is 13.1. The molecule has 0 saturated carbocycles. The number of halogens is 2. The third-order valence-corrected chi connectivity index (χ3v) is 3.97. The molecule has 27 heavy (non-hydrogen) atoms. The van der Waals surface area contributed by atoms with Gasteiger partial charge in [-0.25, -0.2) is 4.39 Å². The first-order valence-electron chi connectivity index (χ1n) is 8.49. The zero-order valence-corrected chi connectivity index (χ0v) is 16.4. The van der Waals surface area contributed by atoms with Crippen LogP contribution in [0.5, 0.6) is 5.75 Å². The second kappa shape index (κ2) is 12.3. The summed E-state index contributed by atoms with van der Waals surface area (Å²) in [4.78, 5) is 12.3. The van der Waals surface area contributed by atoms with E-state index in [1.807, 2.05) is 24.3 Å². The molecule has 0 aliphatic carbocycles. The topological polar surface area (TPSA) is 59.6 Å². The van der Waals surface area contributed by atoms with Gasteiger partial charge >= 0.3 is 0 Å². The Balaban J connectivity index is 0.00000364. The summed E-state index contributed by atoms with van der Waals surface area (Å²) in [7, 11) is 3.22. The number of hydrogen-bond acceptors (Lipinski definition) is 4. The summed E-state index contributed by atoms with van der Waals surface area (Å²) in [5, 5.41) is 6.06. The third-order valence-electron chi connectivity index (χ3n) is 3.97. The first-order valence-corrected chi connectivity index (χ1v) is 8.49. The van der Waals surface area contributed by atoms with Gasteiger partial charge in [-0.05, 0) is 41.8 Å². The van der Waals surface area contributed by atoms with Crippen LogP contribution in [0.3, 0.4) is 0 Å². The number of methoxy groups -OCH3 is 2. The number of carbonyl (C=O) groups is 1. The van der Waals surface area contributed by atoms with Crippen LogP contribution >= 0.6 is 12.4 Å². The van der Waals surface area contributed by atoms with Crippen molar-refractivity contribution in [1.29, 1.82) is 0 Å². The molecule has 2 aromatic rings. The van der Waals surface area contributed by atoms with Gasteiger partial charge in [-0.2, -0.15) is 0 Å². The van der Waals surface area contributed by atoms with E-state index in [0.29, 0.717) is 19.6 Å². The van der Waals surface area contributed by atoms with E-state index in [1.165, 1.54) is 12.1 Å². The average molecular weight is 397 g/mol. The zero-order chi connectivity index (χ0) is 18.8. The van der Waals surface area contributed by atoms with Crippen LogP contribution in [-0.4, -0.2) is 39.8 Å². The van der Waals surface area contributed by atoms with E-state index in [-0.39, 0.29) is 36.7 Å². The van der Waals surface area contributed by atoms with Crippen molar-refractivity contribution >= 4 is 18.3 Å². The molecule has 2 rings (SSSR count). The van der Waals surface area contributed by atoms with Crippen molar-refractivity contribution in [3.63, 3.8) is 0 Å². The number of rotatable bonds is 10. The molecule has 1 atom stereocenters. The molecule has 148 valence electrons. The van der Waals surface area contributed by atoms with Crippen LogP contribution in [0.1, 0.15) is 17.2 Å². The van der Waals surface area contributed by atoms with Crippen LogP contribution in [-0.2, 0) is 16.0 Å². The second-order valence-corrected chi connectivity index (χ2v) is 5.89. The third kappa shape index (κ3) is 7.95. The van der Waals surface area contributed by atoms with Gasteiger partial charge in [0.2, 0.25) is 5.91 Å². The lowest BCUT2D eigenvalue weighted by Crippen LogP contribution is -2.38. The Hall–Kier alpha value is -2.15. The van der Waals surface area contributed by atoms with Gasteiger partial charge in [-0.3, -0.25) is 4.79 Å². The molecule has 0 aromatic heterocycles. The predicted molar refractivity (Wildman–Crippen MR) is 106 cm³/mol. The quantitative estimate of drug-likeness (QED) is 0.606. The van der Waals surface area contributed by atoms with Gasteiger partial charge in [0.05, 0.1) is 26.3 Å². The van der Waals surface area contributed by atoms with E-state index < -0.39 is 0 Å². The van der Waals surface area contributed by atoms with Crippen molar-refractivity contribution < 1.29 is 18.7 Å². The Kier molecular flexibility index (Phi) is 10.4. The summed E-state index contributed by atoms with van der Waals surface area (Å²) >= 11 is 0. The van der Waals surface area contributed by atoms with Crippen LogP contribution < -0.4 is 15.4 Å². The van der Waals surface area contributed by atoms with Crippen molar-refractivity contribution in [3.05, 3.63) is 65.5 Å². The number of carbonyl (C=O) groups excluding carboxylic acids is 1. The predicted octanol–water partition coefficient (Wildman–Crippen LogP) is 2.89. The highest BCUT2D eigenvalue weighted by molar-refractivity contribution is 5.85. The normalized spacial score (nSPS) is 11.4. The molecule has 0 fully saturated rings. The Labute approximate surface area is 165 Å². The molecule has 5 nitrogen and oxygen atoms in total. The molecular weight excluding hydrogens is 371 g/mol. The maximum Gasteiger partial charge on any atom is 0.234 e. The van der Waals surface area contributed by atoms with E-state index in [4.69, 9.17) is 9.47 Å². The van der Waals surface area contributed by atoms with Gasteiger partial charge in [0, 0.05) is 13.7 Å². The highest BCUT2D eigenvalue weighted by Gasteiger charge is 2.15. The summed E-state index contributed by atoms with van der Waals surface area (Å²) in [6.07, 6.45) is 0.566. The molecule has 0 aliphatic heterocycles. The maximum absolute atomic E-state index is 13.1. The summed E-state index contributed by atoms with van der Waals surface area (Å²) in [6.45, 7) is 1.36. The highest BCUT2D eigenvalue weighted by atomic mass is 35.5. The molecule has 0 heterocycles. The first-order chi connectivity index (χ1) is 12.6. The minimum Gasteiger partial charge on any atom is -0.497 e. The molecule has 0 saturated heterocycles. The Morgan fingerprint density at radius 1 is 1.07 bits per heavy atom. The van der Waals surface area contributed by atoms with Crippen LogP contribution in [0, 0.1) is 5.82 Å². The smallest absolute Gasteiger partial charge is 0.234 e. The highest BCUT2D eigenvalue weighted by Crippen LogP contribution is 2.21. The van der Waals surface area contributed by atoms with Gasteiger partial charge in [-0.1, -0.05) is 24.3 Å². The van der Waals surface area contributed by atoms with Gasteiger partial charge in [0.15, 0.2) is 0 Å². The first kappa shape index (κ1) is 22.9. The average Bonchev–Trinajstić information content (AvgIpc) is 2.66. The minimum atomic E-state index is -0.277. The monoisotopic (exact) mass is 396 g/mol. The van der Waals surface area contributed by atoms with E-state index in [1.54, 1.807) is 26.4 Å². The van der Waals surface area contributed by atoms with Crippen molar-refractivity contribution in [2.24, 2.45) is 0 Å². The number of benzene rings is 2. The SMILES string of the molecule is COCCNCC(=O)NC(Cc1ccc(F)cc1)c1ccc(OC)cc1.Cl. The summed E-state index contributed by atoms with van der Waals surface area (Å²) in [5.41, 5.74) is 1.90. The molecule has 0 bridgehead atoms. The van der Waals surface area contributed by atoms with E-state index in [9.17, 15) is 9.18 Å². The molecule has 7 heteroatoms. The fraction of sp³-hybridized carbons (Fsp3) is 0.350. The molecular formula is C20H26ClFN2O3. The Bertz CT molecular complexity index is 681. The van der Waals surface area contributed by atoms with Crippen LogP contribution in [0.4, 0.5) is 4.39 Å². The zero-order valence-electron chi connectivity index (χ0n) is 15.5. The van der Waals surface area contributed by atoms with Crippen molar-refractivity contribution in [3.8, 4) is 5.75 Å². The van der Waals surface area contributed by atoms with E-state index >= 15 is 0 Å². The van der Waals surface area contributed by atoms with Crippen molar-refractivity contribution in [2.45, 2.75) is 12.5 Å². The summed E-state index contributed by atoms with van der Waals surface area (Å²) < 4.78 is 23.3. The van der Waals surface area contributed by atoms with Crippen molar-refractivity contribution in [2.75, 3.05) is 33.9 Å². The second-order valence-electron chi connectivity index (χ2n) is 5.89. The summed E-state index contributed by atoms with van der Waals surface area (Å²) in [6, 6.07) is 13.7. The lowest BCUT2D eigenvalue weighted by molar-refractivity contribution is -0.121. The molecule has 1 amide bonds. The Morgan fingerprint density at radius 3 is 2.33 bits per heavy atom. The summed E-state index contributed by atoms with van der Waals surface area (Å²) in [5.74, 6) is 0.368. The fourth-order valence-electron chi connectivity index (χ4n) is 2.57. The standard InChI is InChI=1S/C20H25FN2O3.ClH/c1-25-12-11-22-14-20(24)23-19(13-15-3-7-17(21)8-4-15)16-5-9-18(26-2)10-6-16;/h3-10,19,22H,11-14H2,1-2H3,(H,23,24);1H. The molecule has 2 aromatic carbocycles. The van der Waals surface area contributed by atoms with Gasteiger partial charge in [0.25, 0.3) is 0 Å². The number of hydrogen-bond donors (Lipinski definition) is 2. The molecule has 2 N–H and O–H groups in total. The molecule has 0 radical (unpaired) electrons. The van der Waals surface area contributed by atoms with E-state index in [0.717, 1.165) is 16.9 Å². The Morgan fingerprint density at radius 2 is 1.74 bits per heavy atom. The van der Waals surface area contributed by atoms with Crippen LogP contribution in [0.15, 0.2) is 48.5 Å². The minimum absolute atomic E-state index is 0. The molecule has 0 aliphatic rings. The van der Waals surface area contributed by atoms with Gasteiger partial charge in [-0.15, -0.1) is 12.4 Å². The van der Waals surface area contributed by atoms with Crippen LogP contribution in [0.25, 0.3) is 0 Å². The molecule has 0 spiro atoms. The van der Waals surface area contributed by atoms with Gasteiger partial charge in [0.1, 0.15) is 11.6 Å². The molecule has 1 unspecified atom stereocenters. The van der Waals surface area contributed by atoms with Gasteiger partial charge < -0.3 is 20.1 Å². The lowest BCUT2D eigenvalue weighted by Gasteiger charge is -2.20. The van der Waals surface area contributed by atoms with Crippen LogP contribution in [0.2, 0.25) is 0 Å². The largest absolute Gasteiger partial charge is 0.497 e. The van der Waals surface area contributed by atoms with Crippen molar-refractivity contribution in [1.82, 2.24) is 10.6 Å². The number of nitrogens with one attached hydrogen (secondary N) is 2.